The van der Waals surface area contributed by atoms with Crippen molar-refractivity contribution in [3.05, 3.63) is 42.0 Å². The van der Waals surface area contributed by atoms with Gasteiger partial charge in [-0.05, 0) is 18.2 Å². The van der Waals surface area contributed by atoms with E-state index < -0.39 is 51.4 Å². The molecule has 2 aliphatic rings. The fourth-order valence-electron chi connectivity index (χ4n) is 2.26. The second-order valence-electron chi connectivity index (χ2n) is 5.45. The van der Waals surface area contributed by atoms with Gasteiger partial charge in [0.2, 0.25) is 0 Å². The quantitative estimate of drug-likeness (QED) is 0.322. The van der Waals surface area contributed by atoms with E-state index in [9.17, 15) is 32.4 Å². The second kappa shape index (κ2) is 7.67. The van der Waals surface area contributed by atoms with Gasteiger partial charge < -0.3 is 5.11 Å². The second-order valence-corrected chi connectivity index (χ2v) is 7.05. The van der Waals surface area contributed by atoms with Gasteiger partial charge in [-0.3, -0.25) is 28.9 Å². The number of hydrogen-bond acceptors (Lipinski definition) is 8. The normalized spacial score (nSPS) is 19.1. The van der Waals surface area contributed by atoms with Gasteiger partial charge >= 0.3 is 5.97 Å². The summed E-state index contributed by atoms with van der Waals surface area (Å²) in [4.78, 5) is 55.5. The molecule has 2 aliphatic heterocycles. The lowest BCUT2D eigenvalue weighted by molar-refractivity contribution is -0.171. The number of imide groups is 2. The van der Waals surface area contributed by atoms with Crippen LogP contribution in [0.4, 0.5) is 5.69 Å². The van der Waals surface area contributed by atoms with E-state index in [4.69, 9.17) is 14.9 Å². The average Bonchev–Trinajstić information content (AvgIpc) is 3.08. The maximum Gasteiger partial charge on any atom is 0.335 e. The summed E-state index contributed by atoms with van der Waals surface area (Å²) in [5, 5.41) is 15.2. The Hall–Kier alpha value is -3.42. The molecule has 1 aromatic carbocycles. The van der Waals surface area contributed by atoms with Crippen LogP contribution >= 0.6 is 0 Å². The van der Waals surface area contributed by atoms with Gasteiger partial charge in [-0.25, -0.2) is 9.69 Å². The van der Waals surface area contributed by atoms with Crippen molar-refractivity contribution < 1.29 is 47.3 Å². The first-order valence-corrected chi connectivity index (χ1v) is 8.85. The number of benzene rings is 1. The Morgan fingerprint density at radius 2 is 1.64 bits per heavy atom. The fourth-order valence-corrected chi connectivity index (χ4v) is 2.96. The number of hydrogen-bond donors (Lipinski definition) is 3. The highest BCUT2D eigenvalue weighted by Crippen LogP contribution is 2.20. The van der Waals surface area contributed by atoms with Gasteiger partial charge in [-0.1, -0.05) is 6.07 Å². The molecular formula is C15H12N2O10S. The molecule has 0 radical (unpaired) electrons. The molecular weight excluding hydrogens is 400 g/mol. The first-order valence-electron chi connectivity index (χ1n) is 7.35. The Balaban J connectivity index is 0.000000209. The van der Waals surface area contributed by atoms with Crippen LogP contribution in [0.2, 0.25) is 0 Å². The van der Waals surface area contributed by atoms with Gasteiger partial charge in [-0.15, -0.1) is 0 Å². The molecule has 148 valence electrons. The van der Waals surface area contributed by atoms with Crippen molar-refractivity contribution >= 4 is 45.4 Å². The number of carboxylic acid groups (broad SMARTS) is 1. The van der Waals surface area contributed by atoms with Gasteiger partial charge in [0.1, 0.15) is 0 Å². The number of carboxylic acids is 1. The van der Waals surface area contributed by atoms with E-state index in [0.29, 0.717) is 0 Å². The fraction of sp³-hybridized carbons (Fsp3) is 0.133. The molecule has 13 heteroatoms. The first-order chi connectivity index (χ1) is 12.9. The Morgan fingerprint density at radius 1 is 1.07 bits per heavy atom. The lowest BCUT2D eigenvalue weighted by Crippen LogP contribution is -2.32. The number of hydroxylamine groups is 2. The van der Waals surface area contributed by atoms with Crippen LogP contribution in [0.25, 0.3) is 0 Å². The molecule has 12 nitrogen and oxygen atoms in total. The minimum Gasteiger partial charge on any atom is -0.478 e. The van der Waals surface area contributed by atoms with E-state index in [-0.39, 0.29) is 16.3 Å². The topological polar surface area (TPSA) is 187 Å². The van der Waals surface area contributed by atoms with Crippen LogP contribution in [0.15, 0.2) is 36.4 Å². The van der Waals surface area contributed by atoms with Crippen molar-refractivity contribution in [2.75, 3.05) is 4.90 Å². The molecule has 0 aliphatic carbocycles. The number of aromatic carboxylic acids is 1. The van der Waals surface area contributed by atoms with E-state index in [1.807, 2.05) is 0 Å². The number of carbonyl (C=O) groups is 5. The summed E-state index contributed by atoms with van der Waals surface area (Å²) in [7, 11) is -4.59. The van der Waals surface area contributed by atoms with Gasteiger partial charge in [0, 0.05) is 12.2 Å². The summed E-state index contributed by atoms with van der Waals surface area (Å²) >= 11 is 0. The number of carbonyl (C=O) groups excluding carboxylic acids is 4. The van der Waals surface area contributed by atoms with E-state index in [0.717, 1.165) is 17.1 Å². The summed E-state index contributed by atoms with van der Waals surface area (Å²) in [6.45, 7) is 0. The van der Waals surface area contributed by atoms with Crippen molar-refractivity contribution in [2.45, 2.75) is 11.7 Å². The molecule has 0 spiro atoms. The van der Waals surface area contributed by atoms with Crippen molar-refractivity contribution in [2.24, 2.45) is 0 Å². The summed E-state index contributed by atoms with van der Waals surface area (Å²) in [6.07, 6.45) is 1.58. The third kappa shape index (κ3) is 4.28. The molecule has 4 amide bonds. The first kappa shape index (κ1) is 20.9. The molecule has 0 bridgehead atoms. The van der Waals surface area contributed by atoms with Gasteiger partial charge in [0.05, 0.1) is 17.7 Å². The molecule has 1 unspecified atom stereocenters. The van der Waals surface area contributed by atoms with Crippen LogP contribution in [0.5, 0.6) is 0 Å². The maximum atomic E-state index is 11.3. The van der Waals surface area contributed by atoms with E-state index in [2.05, 4.69) is 0 Å². The summed E-state index contributed by atoms with van der Waals surface area (Å²) in [5.41, 5.74) is 0.296. The molecule has 0 saturated carbocycles. The van der Waals surface area contributed by atoms with Crippen LogP contribution in [0, 0.1) is 0 Å². The third-order valence-electron chi connectivity index (χ3n) is 3.60. The number of anilines is 1. The van der Waals surface area contributed by atoms with Crippen LogP contribution in [-0.2, 0) is 29.3 Å². The molecule has 1 aromatic rings. The van der Waals surface area contributed by atoms with Crippen LogP contribution in [0.1, 0.15) is 16.8 Å². The summed E-state index contributed by atoms with van der Waals surface area (Å²) < 4.78 is 29.1. The van der Waals surface area contributed by atoms with Crippen LogP contribution in [-0.4, -0.2) is 63.2 Å². The Morgan fingerprint density at radius 3 is 2.04 bits per heavy atom. The zero-order valence-corrected chi connectivity index (χ0v) is 14.6. The SMILES string of the molecule is O=C(O)c1cccc(N2C(=O)C=CC2=O)c1.O=C1CC(S(=O)(=O)O)C(=O)N1O. The third-order valence-corrected chi connectivity index (χ3v) is 4.69. The highest BCUT2D eigenvalue weighted by molar-refractivity contribution is 7.87. The van der Waals surface area contributed by atoms with E-state index in [1.54, 1.807) is 0 Å². The van der Waals surface area contributed by atoms with Crippen molar-refractivity contribution in [3.8, 4) is 0 Å². The molecule has 1 fully saturated rings. The van der Waals surface area contributed by atoms with Gasteiger partial charge in [0.15, 0.2) is 5.25 Å². The van der Waals surface area contributed by atoms with Crippen molar-refractivity contribution in [3.63, 3.8) is 0 Å². The van der Waals surface area contributed by atoms with E-state index in [1.165, 1.54) is 24.3 Å². The molecule has 0 aromatic heterocycles. The maximum absolute atomic E-state index is 11.3. The molecule has 1 saturated heterocycles. The molecule has 1 atom stereocenters. The highest BCUT2D eigenvalue weighted by Gasteiger charge is 2.45. The number of amides is 4. The minimum absolute atomic E-state index is 0.0324. The molecule has 28 heavy (non-hydrogen) atoms. The molecule has 3 N–H and O–H groups in total. The summed E-state index contributed by atoms with van der Waals surface area (Å²) in [6, 6.07) is 5.67. The van der Waals surface area contributed by atoms with Gasteiger partial charge in [0.25, 0.3) is 33.7 Å². The Labute approximate surface area is 157 Å². The monoisotopic (exact) mass is 412 g/mol. The lowest BCUT2D eigenvalue weighted by Gasteiger charge is -2.13. The van der Waals surface area contributed by atoms with Crippen molar-refractivity contribution in [1.29, 1.82) is 0 Å². The van der Waals surface area contributed by atoms with Crippen molar-refractivity contribution in [1.82, 2.24) is 5.06 Å². The predicted octanol–water partition coefficient (Wildman–Crippen LogP) is -0.795. The van der Waals surface area contributed by atoms with E-state index >= 15 is 0 Å². The Bertz CT molecular complexity index is 995. The smallest absolute Gasteiger partial charge is 0.335 e. The number of nitrogens with zero attached hydrogens (tertiary/aromatic N) is 2. The largest absolute Gasteiger partial charge is 0.478 e. The number of rotatable bonds is 3. The average molecular weight is 412 g/mol. The molecule has 3 rings (SSSR count). The standard InChI is InChI=1S/C11H7NO4.C4H5NO6S/c13-9-4-5-10(14)12(9)8-3-1-2-7(6-8)11(15)16;6-3-1-2(12(9,10)11)4(7)5(3)8/h1-6H,(H,15,16);2,8H,1H2,(H,9,10,11). The minimum atomic E-state index is -4.59. The lowest BCUT2D eigenvalue weighted by atomic mass is 10.2. The molecule has 2 heterocycles. The zero-order chi connectivity index (χ0) is 21.2. The predicted molar refractivity (Wildman–Crippen MR) is 88.6 cm³/mol. The zero-order valence-electron chi connectivity index (χ0n) is 13.8. The summed E-state index contributed by atoms with van der Waals surface area (Å²) in [5.74, 6) is -4.39. The van der Waals surface area contributed by atoms with Crippen LogP contribution in [0.3, 0.4) is 0 Å². The Kier molecular flexibility index (Phi) is 5.72. The van der Waals surface area contributed by atoms with Crippen LogP contribution < -0.4 is 4.90 Å². The van der Waals surface area contributed by atoms with Gasteiger partial charge in [-0.2, -0.15) is 13.5 Å². The highest BCUT2D eigenvalue weighted by atomic mass is 32.2.